The Labute approximate surface area is 138 Å². The molecule has 1 fully saturated rings. The minimum absolute atomic E-state index is 0.00208. The van der Waals surface area contributed by atoms with E-state index in [1.807, 2.05) is 11.8 Å². The predicted octanol–water partition coefficient (Wildman–Crippen LogP) is 1.55. The Balaban J connectivity index is 2.34. The molecule has 3 rings (SSSR count). The Bertz CT molecular complexity index is 891. The normalized spacial score (nSPS) is 17.7. The quantitative estimate of drug-likeness (QED) is 0.890. The molecule has 0 spiro atoms. The van der Waals surface area contributed by atoms with Crippen LogP contribution in [0.3, 0.4) is 0 Å². The third-order valence-corrected chi connectivity index (χ3v) is 4.64. The zero-order valence-corrected chi connectivity index (χ0v) is 13.7. The van der Waals surface area contributed by atoms with Crippen LogP contribution in [0, 0.1) is 12.7 Å². The molecule has 1 atom stereocenters. The lowest BCUT2D eigenvalue weighted by Gasteiger charge is -2.23. The molecule has 0 bridgehead atoms. The number of fused-ring (bicyclic) bond motifs is 1. The van der Waals surface area contributed by atoms with E-state index in [-0.39, 0.29) is 11.6 Å². The lowest BCUT2D eigenvalue weighted by Crippen LogP contribution is -2.29. The fraction of sp³-hybridized carbons (Fsp3) is 0.412. The molecular formula is C17H20FN3O3. The highest BCUT2D eigenvalue weighted by atomic mass is 19.1. The summed E-state index contributed by atoms with van der Waals surface area (Å²) in [6.45, 7) is 4.86. The van der Waals surface area contributed by atoms with Crippen molar-refractivity contribution in [3.05, 3.63) is 45.1 Å². The van der Waals surface area contributed by atoms with E-state index in [2.05, 4.69) is 0 Å². The van der Waals surface area contributed by atoms with E-state index >= 15 is 0 Å². The first-order valence-electron chi connectivity index (χ1n) is 7.96. The highest BCUT2D eigenvalue weighted by molar-refractivity contribution is 5.88. The molecule has 3 N–H and O–H groups in total. The first-order valence-corrected chi connectivity index (χ1v) is 7.96. The molecule has 0 aromatic carbocycles. The smallest absolute Gasteiger partial charge is 0.341 e. The third-order valence-electron chi connectivity index (χ3n) is 4.64. The number of halogens is 1. The summed E-state index contributed by atoms with van der Waals surface area (Å²) in [4.78, 5) is 25.6. The van der Waals surface area contributed by atoms with Crippen molar-refractivity contribution in [2.75, 3.05) is 18.0 Å². The average molecular weight is 333 g/mol. The minimum Gasteiger partial charge on any atom is -0.477 e. The molecule has 0 amide bonds. The summed E-state index contributed by atoms with van der Waals surface area (Å²) in [7, 11) is 0. The Morgan fingerprint density at radius 3 is 2.75 bits per heavy atom. The van der Waals surface area contributed by atoms with Crippen molar-refractivity contribution >= 4 is 17.2 Å². The van der Waals surface area contributed by atoms with Crippen LogP contribution in [0.1, 0.15) is 34.8 Å². The Kier molecular flexibility index (Phi) is 4.04. The number of anilines is 1. The Hall–Kier alpha value is -2.41. The summed E-state index contributed by atoms with van der Waals surface area (Å²) in [5.74, 6) is -1.85. The van der Waals surface area contributed by atoms with Crippen molar-refractivity contribution in [2.24, 2.45) is 5.73 Å². The van der Waals surface area contributed by atoms with Crippen molar-refractivity contribution in [1.29, 1.82) is 0 Å². The fourth-order valence-electron chi connectivity index (χ4n) is 3.50. The zero-order chi connectivity index (χ0) is 17.6. The summed E-state index contributed by atoms with van der Waals surface area (Å²) in [6.07, 6.45) is 2.42. The summed E-state index contributed by atoms with van der Waals surface area (Å²) in [6, 6.07) is 1.40. The van der Waals surface area contributed by atoms with Crippen LogP contribution in [0.25, 0.3) is 5.52 Å². The van der Waals surface area contributed by atoms with Crippen molar-refractivity contribution in [1.82, 2.24) is 4.40 Å². The number of rotatable bonds is 3. The molecule has 0 radical (unpaired) electrons. The van der Waals surface area contributed by atoms with Gasteiger partial charge in [0.1, 0.15) is 5.56 Å². The number of carboxylic acids is 1. The lowest BCUT2D eigenvalue weighted by molar-refractivity contribution is 0.0694. The summed E-state index contributed by atoms with van der Waals surface area (Å²) < 4.78 is 15.8. The summed E-state index contributed by atoms with van der Waals surface area (Å²) >= 11 is 0. The van der Waals surface area contributed by atoms with Crippen LogP contribution < -0.4 is 16.2 Å². The molecule has 3 heterocycles. The number of carboxylic acid groups (broad SMARTS) is 1. The second-order valence-corrected chi connectivity index (χ2v) is 6.21. The minimum atomic E-state index is -1.31. The van der Waals surface area contributed by atoms with Crippen molar-refractivity contribution < 1.29 is 14.3 Å². The highest BCUT2D eigenvalue weighted by Crippen LogP contribution is 2.31. The molecule has 1 aliphatic rings. The molecule has 128 valence electrons. The van der Waals surface area contributed by atoms with Gasteiger partial charge in [-0.25, -0.2) is 9.18 Å². The maximum atomic E-state index is 14.7. The molecular weight excluding hydrogens is 313 g/mol. The van der Waals surface area contributed by atoms with Crippen LogP contribution in [0.5, 0.6) is 0 Å². The third kappa shape index (κ3) is 2.45. The van der Waals surface area contributed by atoms with Gasteiger partial charge in [-0.3, -0.25) is 9.20 Å². The van der Waals surface area contributed by atoms with Crippen LogP contribution in [0.4, 0.5) is 10.1 Å². The number of hydrogen-bond donors (Lipinski definition) is 2. The monoisotopic (exact) mass is 333 g/mol. The number of nitrogens with zero attached hydrogens (tertiary/aromatic N) is 2. The SMILES string of the molecule is CCc1cc(C(=O)O)c(=O)n2cc(F)c(N3CC[C@H](N)C3)c(C)c12. The second-order valence-electron chi connectivity index (χ2n) is 6.21. The average Bonchev–Trinajstić information content (AvgIpc) is 2.94. The number of pyridine rings is 2. The van der Waals surface area contributed by atoms with Gasteiger partial charge in [-0.1, -0.05) is 6.92 Å². The first-order chi connectivity index (χ1) is 11.3. The van der Waals surface area contributed by atoms with Gasteiger partial charge >= 0.3 is 5.97 Å². The van der Waals surface area contributed by atoms with Crippen LogP contribution in [0.15, 0.2) is 17.1 Å². The number of aromatic carboxylic acids is 1. The molecule has 0 aliphatic carbocycles. The highest BCUT2D eigenvalue weighted by Gasteiger charge is 2.26. The number of hydrogen-bond acceptors (Lipinski definition) is 4. The van der Waals surface area contributed by atoms with Crippen LogP contribution in [0.2, 0.25) is 0 Å². The van der Waals surface area contributed by atoms with E-state index in [4.69, 9.17) is 5.73 Å². The molecule has 0 unspecified atom stereocenters. The topological polar surface area (TPSA) is 88.0 Å². The molecule has 1 aliphatic heterocycles. The molecule has 7 heteroatoms. The Morgan fingerprint density at radius 1 is 1.50 bits per heavy atom. The molecule has 2 aromatic heterocycles. The van der Waals surface area contributed by atoms with Crippen LogP contribution in [-0.2, 0) is 6.42 Å². The number of aromatic nitrogens is 1. The lowest BCUT2D eigenvalue weighted by atomic mass is 10.0. The van der Waals surface area contributed by atoms with Crippen molar-refractivity contribution in [2.45, 2.75) is 32.7 Å². The van der Waals surface area contributed by atoms with Gasteiger partial charge in [0.15, 0.2) is 5.82 Å². The second kappa shape index (κ2) is 5.90. The maximum absolute atomic E-state index is 14.7. The van der Waals surface area contributed by atoms with Gasteiger partial charge in [-0.15, -0.1) is 0 Å². The fourth-order valence-corrected chi connectivity index (χ4v) is 3.50. The van der Waals surface area contributed by atoms with Crippen LogP contribution in [-0.4, -0.2) is 34.6 Å². The van der Waals surface area contributed by atoms with E-state index in [0.29, 0.717) is 41.8 Å². The largest absolute Gasteiger partial charge is 0.477 e. The van der Waals surface area contributed by atoms with E-state index in [1.165, 1.54) is 6.07 Å². The summed E-state index contributed by atoms with van der Waals surface area (Å²) in [5, 5.41) is 9.21. The molecule has 0 saturated carbocycles. The number of carbonyl (C=O) groups is 1. The number of aryl methyl sites for hydroxylation is 2. The maximum Gasteiger partial charge on any atom is 0.341 e. The van der Waals surface area contributed by atoms with Gasteiger partial charge in [-0.2, -0.15) is 0 Å². The number of nitrogens with two attached hydrogens (primary N) is 1. The predicted molar refractivity (Wildman–Crippen MR) is 89.5 cm³/mol. The van der Waals surface area contributed by atoms with Gasteiger partial charge in [0.05, 0.1) is 17.4 Å². The van der Waals surface area contributed by atoms with Gasteiger partial charge in [-0.05, 0) is 37.0 Å². The van der Waals surface area contributed by atoms with Crippen LogP contribution >= 0.6 is 0 Å². The molecule has 6 nitrogen and oxygen atoms in total. The summed E-state index contributed by atoms with van der Waals surface area (Å²) in [5.41, 5.74) is 7.21. The van der Waals surface area contributed by atoms with Gasteiger partial charge < -0.3 is 15.7 Å². The van der Waals surface area contributed by atoms with Crippen molar-refractivity contribution in [3.63, 3.8) is 0 Å². The molecule has 2 aromatic rings. The first kappa shape index (κ1) is 16.4. The van der Waals surface area contributed by atoms with E-state index < -0.39 is 17.3 Å². The standard InChI is InChI=1S/C17H20FN3O3/c1-3-10-6-12(17(23)24)16(22)21-8-13(18)15(9(2)14(10)21)20-5-4-11(19)7-20/h6,8,11H,3-5,7,19H2,1-2H3,(H,23,24)/t11-/m0/s1. The van der Waals surface area contributed by atoms with Crippen molar-refractivity contribution in [3.8, 4) is 0 Å². The van der Waals surface area contributed by atoms with E-state index in [0.717, 1.165) is 17.0 Å². The molecule has 24 heavy (non-hydrogen) atoms. The zero-order valence-electron chi connectivity index (χ0n) is 13.7. The van der Waals surface area contributed by atoms with Gasteiger partial charge in [0.2, 0.25) is 0 Å². The Morgan fingerprint density at radius 2 is 2.21 bits per heavy atom. The van der Waals surface area contributed by atoms with E-state index in [1.54, 1.807) is 6.92 Å². The molecule has 1 saturated heterocycles. The van der Waals surface area contributed by atoms with Gasteiger partial charge in [0.25, 0.3) is 5.56 Å². The van der Waals surface area contributed by atoms with Gasteiger partial charge in [0, 0.05) is 19.1 Å². The van der Waals surface area contributed by atoms with E-state index in [9.17, 15) is 19.1 Å².